The van der Waals surface area contributed by atoms with Crippen LogP contribution in [0.3, 0.4) is 0 Å². The Morgan fingerprint density at radius 3 is 2.39 bits per heavy atom. The van der Waals surface area contributed by atoms with Crippen LogP contribution >= 0.6 is 0 Å². The van der Waals surface area contributed by atoms with Crippen molar-refractivity contribution in [2.24, 2.45) is 5.92 Å². The largest absolute Gasteiger partial charge is 0.463 e. The molecule has 4 nitrogen and oxygen atoms in total. The summed E-state index contributed by atoms with van der Waals surface area (Å²) in [6, 6.07) is 0. The van der Waals surface area contributed by atoms with Crippen molar-refractivity contribution in [2.75, 3.05) is 0 Å². The molecule has 0 unspecified atom stereocenters. The highest BCUT2D eigenvalue weighted by molar-refractivity contribution is 5.80. The summed E-state index contributed by atoms with van der Waals surface area (Å²) in [7, 11) is 0. The Kier molecular flexibility index (Phi) is 8.38. The van der Waals surface area contributed by atoms with Gasteiger partial charge in [-0.2, -0.15) is 0 Å². The minimum atomic E-state index is -0.506. The average Bonchev–Trinajstić information content (AvgIpc) is 2.45. The van der Waals surface area contributed by atoms with Crippen LogP contribution < -0.4 is 0 Å². The molecule has 0 saturated heterocycles. The van der Waals surface area contributed by atoms with Gasteiger partial charge in [-0.05, 0) is 52.5 Å². The minimum absolute atomic E-state index is 0.0446. The van der Waals surface area contributed by atoms with E-state index in [1.807, 2.05) is 12.2 Å². The molecule has 0 amide bonds. The second kappa shape index (κ2) is 10.0. The van der Waals surface area contributed by atoms with E-state index < -0.39 is 5.92 Å². The standard InChI is InChI=1S/C19H28O4/c1-14(2)22-18(20)13-17(19(21)23-15(3)4)12-8-11-16-9-6-5-7-10-16/h6,8-11,14-15,17H,5,7,12-13H2,1-4H3/b11-8+/t17-/m1/s1. The third-order valence-electron chi connectivity index (χ3n) is 3.22. The van der Waals surface area contributed by atoms with Gasteiger partial charge in [0, 0.05) is 0 Å². The molecular formula is C19H28O4. The van der Waals surface area contributed by atoms with Crippen LogP contribution in [0.4, 0.5) is 0 Å². The molecule has 1 atom stereocenters. The van der Waals surface area contributed by atoms with Gasteiger partial charge in [0.1, 0.15) is 0 Å². The molecule has 0 aromatic rings. The van der Waals surface area contributed by atoms with E-state index in [1.54, 1.807) is 27.7 Å². The van der Waals surface area contributed by atoms with Crippen molar-refractivity contribution in [3.05, 3.63) is 36.0 Å². The van der Waals surface area contributed by atoms with Gasteiger partial charge >= 0.3 is 11.9 Å². The van der Waals surface area contributed by atoms with Crippen LogP contribution in [0.2, 0.25) is 0 Å². The quantitative estimate of drug-likeness (QED) is 0.631. The normalized spacial score (nSPS) is 15.8. The van der Waals surface area contributed by atoms with Crippen molar-refractivity contribution in [1.29, 1.82) is 0 Å². The fraction of sp³-hybridized carbons (Fsp3) is 0.579. The third kappa shape index (κ3) is 8.38. The number of hydrogen-bond acceptors (Lipinski definition) is 4. The zero-order valence-electron chi connectivity index (χ0n) is 14.6. The molecule has 1 rings (SSSR count). The zero-order valence-corrected chi connectivity index (χ0v) is 14.6. The van der Waals surface area contributed by atoms with E-state index in [2.05, 4.69) is 18.2 Å². The predicted molar refractivity (Wildman–Crippen MR) is 90.8 cm³/mol. The molecule has 0 spiro atoms. The predicted octanol–water partition coefficient (Wildman–Crippen LogP) is 4.12. The van der Waals surface area contributed by atoms with Gasteiger partial charge < -0.3 is 9.47 Å². The lowest BCUT2D eigenvalue weighted by atomic mass is 9.99. The fourth-order valence-electron chi connectivity index (χ4n) is 2.23. The van der Waals surface area contributed by atoms with Gasteiger partial charge in [-0.15, -0.1) is 0 Å². The van der Waals surface area contributed by atoms with Crippen molar-refractivity contribution >= 4 is 11.9 Å². The van der Waals surface area contributed by atoms with Crippen LogP contribution in [0.25, 0.3) is 0 Å². The van der Waals surface area contributed by atoms with Gasteiger partial charge in [-0.3, -0.25) is 9.59 Å². The lowest BCUT2D eigenvalue weighted by Crippen LogP contribution is -2.25. The number of esters is 2. The van der Waals surface area contributed by atoms with Crippen LogP contribution in [0, 0.1) is 5.92 Å². The summed E-state index contributed by atoms with van der Waals surface area (Å²) >= 11 is 0. The zero-order chi connectivity index (χ0) is 17.2. The summed E-state index contributed by atoms with van der Waals surface area (Å²) in [4.78, 5) is 24.0. The number of allylic oxidation sites excluding steroid dienone is 6. The van der Waals surface area contributed by atoms with E-state index in [4.69, 9.17) is 9.47 Å². The van der Waals surface area contributed by atoms with Crippen LogP contribution in [-0.4, -0.2) is 24.1 Å². The maximum atomic E-state index is 12.2. The second-order valence-corrected chi connectivity index (χ2v) is 6.25. The highest BCUT2D eigenvalue weighted by Gasteiger charge is 2.24. The number of carbonyl (C=O) groups excluding carboxylic acids is 2. The van der Waals surface area contributed by atoms with E-state index in [-0.39, 0.29) is 30.6 Å². The van der Waals surface area contributed by atoms with Crippen molar-refractivity contribution in [1.82, 2.24) is 0 Å². The Labute approximate surface area is 139 Å². The summed E-state index contributed by atoms with van der Waals surface area (Å²) in [5.41, 5.74) is 1.14. The average molecular weight is 320 g/mol. The molecule has 0 heterocycles. The molecule has 0 aliphatic heterocycles. The van der Waals surface area contributed by atoms with Crippen LogP contribution in [0.5, 0.6) is 0 Å². The monoisotopic (exact) mass is 320 g/mol. The van der Waals surface area contributed by atoms with Gasteiger partial charge in [-0.25, -0.2) is 0 Å². The van der Waals surface area contributed by atoms with E-state index in [0.717, 1.165) is 18.4 Å². The maximum absolute atomic E-state index is 12.2. The summed E-state index contributed by atoms with van der Waals surface area (Å²) in [6.07, 6.45) is 12.5. The first-order chi connectivity index (χ1) is 10.9. The molecule has 0 radical (unpaired) electrons. The first-order valence-corrected chi connectivity index (χ1v) is 8.31. The van der Waals surface area contributed by atoms with Gasteiger partial charge in [-0.1, -0.05) is 30.4 Å². The van der Waals surface area contributed by atoms with Crippen LogP contribution in [-0.2, 0) is 19.1 Å². The lowest BCUT2D eigenvalue weighted by Gasteiger charge is -2.17. The Morgan fingerprint density at radius 1 is 1.13 bits per heavy atom. The van der Waals surface area contributed by atoms with Crippen LogP contribution in [0.15, 0.2) is 36.0 Å². The molecule has 0 fully saturated rings. The second-order valence-electron chi connectivity index (χ2n) is 6.25. The highest BCUT2D eigenvalue weighted by Crippen LogP contribution is 2.17. The van der Waals surface area contributed by atoms with Gasteiger partial charge in [0.15, 0.2) is 0 Å². The first kappa shape index (κ1) is 19.2. The summed E-state index contributed by atoms with van der Waals surface area (Å²) in [5, 5.41) is 0. The molecule has 0 aromatic carbocycles. The Hall–Kier alpha value is -1.84. The number of carbonyl (C=O) groups is 2. The van der Waals surface area contributed by atoms with Gasteiger partial charge in [0.25, 0.3) is 0 Å². The lowest BCUT2D eigenvalue weighted by molar-refractivity contribution is -0.159. The molecule has 23 heavy (non-hydrogen) atoms. The van der Waals surface area contributed by atoms with E-state index in [1.165, 1.54) is 0 Å². The fourth-order valence-corrected chi connectivity index (χ4v) is 2.23. The Morgan fingerprint density at radius 2 is 1.83 bits per heavy atom. The topological polar surface area (TPSA) is 52.6 Å². The van der Waals surface area contributed by atoms with Gasteiger partial charge in [0.05, 0.1) is 24.5 Å². The highest BCUT2D eigenvalue weighted by atomic mass is 16.5. The summed E-state index contributed by atoms with van der Waals surface area (Å²) in [5.74, 6) is -1.22. The molecule has 0 bridgehead atoms. The summed E-state index contributed by atoms with van der Waals surface area (Å²) in [6.45, 7) is 7.19. The van der Waals surface area contributed by atoms with Crippen molar-refractivity contribution < 1.29 is 19.1 Å². The third-order valence-corrected chi connectivity index (χ3v) is 3.22. The smallest absolute Gasteiger partial charge is 0.310 e. The molecule has 1 aliphatic rings. The summed E-state index contributed by atoms with van der Waals surface area (Å²) < 4.78 is 10.4. The molecular weight excluding hydrogens is 292 g/mol. The molecule has 4 heteroatoms. The molecule has 1 aliphatic carbocycles. The number of ether oxygens (including phenoxy) is 2. The minimum Gasteiger partial charge on any atom is -0.463 e. The number of hydrogen-bond donors (Lipinski definition) is 0. The van der Waals surface area contributed by atoms with Crippen molar-refractivity contribution in [3.8, 4) is 0 Å². The van der Waals surface area contributed by atoms with Crippen LogP contribution in [0.1, 0.15) is 53.4 Å². The van der Waals surface area contributed by atoms with Crippen molar-refractivity contribution in [2.45, 2.75) is 65.6 Å². The SMILES string of the molecule is CC(C)OC(=O)C[C@@H](C/C=C/C1=CCCC=C1)C(=O)OC(C)C. The molecule has 0 aromatic heterocycles. The van der Waals surface area contributed by atoms with Gasteiger partial charge in [0.2, 0.25) is 0 Å². The number of rotatable bonds is 8. The van der Waals surface area contributed by atoms with E-state index in [0.29, 0.717) is 6.42 Å². The van der Waals surface area contributed by atoms with E-state index >= 15 is 0 Å². The molecule has 128 valence electrons. The Bertz CT molecular complexity index is 484. The Balaban J connectivity index is 2.64. The van der Waals surface area contributed by atoms with Crippen molar-refractivity contribution in [3.63, 3.8) is 0 Å². The van der Waals surface area contributed by atoms with E-state index in [9.17, 15) is 9.59 Å². The molecule has 0 N–H and O–H groups in total. The maximum Gasteiger partial charge on any atom is 0.310 e. The first-order valence-electron chi connectivity index (χ1n) is 8.31. The molecule has 0 saturated carbocycles.